The van der Waals surface area contributed by atoms with Crippen LogP contribution in [0.3, 0.4) is 0 Å². The quantitative estimate of drug-likeness (QED) is 0.504. The lowest BCUT2D eigenvalue weighted by molar-refractivity contribution is -0.129. The number of carbonyl (C=O) groups is 2. The number of hydrogen-bond acceptors (Lipinski definition) is 4. The van der Waals surface area contributed by atoms with Gasteiger partial charge in [0.25, 0.3) is 0 Å². The van der Waals surface area contributed by atoms with Gasteiger partial charge >= 0.3 is 0 Å². The smallest absolute Gasteiger partial charge is 0.243 e. The van der Waals surface area contributed by atoms with Crippen molar-refractivity contribution in [1.82, 2.24) is 10.4 Å². The van der Waals surface area contributed by atoms with Crippen LogP contribution in [0.4, 0.5) is 5.69 Å². The predicted octanol–water partition coefficient (Wildman–Crippen LogP) is 0.843. The normalized spacial score (nSPS) is 10.3. The van der Waals surface area contributed by atoms with Gasteiger partial charge in [-0.3, -0.25) is 19.7 Å². The summed E-state index contributed by atoms with van der Waals surface area (Å²) < 4.78 is 0. The van der Waals surface area contributed by atoms with E-state index in [0.29, 0.717) is 13.0 Å². The minimum absolute atomic E-state index is 0.0969. The summed E-state index contributed by atoms with van der Waals surface area (Å²) in [4.78, 5) is 24.3. The van der Waals surface area contributed by atoms with E-state index in [0.717, 1.165) is 5.69 Å². The highest BCUT2D eigenvalue weighted by atomic mass is 16.5. The van der Waals surface area contributed by atoms with Crippen LogP contribution in [0.25, 0.3) is 0 Å². The van der Waals surface area contributed by atoms with Gasteiger partial charge in [0.15, 0.2) is 0 Å². The molecule has 0 aliphatic heterocycles. The number of hydrogen-bond donors (Lipinski definition) is 3. The Kier molecular flexibility index (Phi) is 6.56. The molecule has 0 aromatic heterocycles. The largest absolute Gasteiger partial charge is 0.325 e. The van der Waals surface area contributed by atoms with E-state index in [2.05, 4.69) is 5.32 Å². The van der Waals surface area contributed by atoms with Crippen LogP contribution in [0.1, 0.15) is 12.8 Å². The molecule has 0 unspecified atom stereocenters. The number of nitrogens with one attached hydrogen (secondary N) is 2. The zero-order valence-corrected chi connectivity index (χ0v) is 10.9. The van der Waals surface area contributed by atoms with E-state index in [4.69, 9.17) is 5.21 Å². The molecule has 1 rings (SSSR count). The molecule has 6 nitrogen and oxygen atoms in total. The second-order valence-corrected chi connectivity index (χ2v) is 4.29. The van der Waals surface area contributed by atoms with Crippen molar-refractivity contribution in [2.45, 2.75) is 12.8 Å². The maximum atomic E-state index is 11.7. The first-order valence-corrected chi connectivity index (χ1v) is 6.08. The monoisotopic (exact) mass is 265 g/mol. The van der Waals surface area contributed by atoms with Crippen molar-refractivity contribution in [3.63, 3.8) is 0 Å². The number of benzene rings is 1. The Hall–Kier alpha value is -1.92. The minimum atomic E-state index is -0.415. The number of hydroxylamine groups is 1. The first-order chi connectivity index (χ1) is 9.11. The van der Waals surface area contributed by atoms with Crippen LogP contribution in [-0.4, -0.2) is 42.1 Å². The molecule has 0 spiro atoms. The Balaban J connectivity index is 2.23. The third kappa shape index (κ3) is 6.54. The van der Waals surface area contributed by atoms with Crippen molar-refractivity contribution in [2.75, 3.05) is 25.5 Å². The molecular weight excluding hydrogens is 246 g/mol. The Bertz CT molecular complexity index is 409. The number of carbonyl (C=O) groups excluding carboxylic acids is 2. The van der Waals surface area contributed by atoms with Crippen molar-refractivity contribution in [3.8, 4) is 0 Å². The summed E-state index contributed by atoms with van der Waals surface area (Å²) in [6.07, 6.45) is 0.822. The topological polar surface area (TPSA) is 81.7 Å². The number of anilines is 1. The zero-order valence-electron chi connectivity index (χ0n) is 10.9. The second-order valence-electron chi connectivity index (χ2n) is 4.29. The van der Waals surface area contributed by atoms with Gasteiger partial charge < -0.3 is 5.32 Å². The SMILES string of the molecule is CN(CCCC(=O)NO)CC(=O)Nc1ccccc1. The van der Waals surface area contributed by atoms with Crippen molar-refractivity contribution in [1.29, 1.82) is 0 Å². The molecule has 1 aromatic carbocycles. The lowest BCUT2D eigenvalue weighted by Gasteiger charge is -2.15. The fourth-order valence-electron chi connectivity index (χ4n) is 1.61. The van der Waals surface area contributed by atoms with E-state index in [-0.39, 0.29) is 18.9 Å². The van der Waals surface area contributed by atoms with Crippen LogP contribution in [0.2, 0.25) is 0 Å². The molecule has 2 amide bonds. The summed E-state index contributed by atoms with van der Waals surface area (Å²) >= 11 is 0. The van der Waals surface area contributed by atoms with Gasteiger partial charge in [-0.05, 0) is 32.1 Å². The minimum Gasteiger partial charge on any atom is -0.325 e. The first kappa shape index (κ1) is 15.1. The van der Waals surface area contributed by atoms with Crippen LogP contribution in [0.15, 0.2) is 30.3 Å². The molecule has 0 aliphatic carbocycles. The van der Waals surface area contributed by atoms with Crippen molar-refractivity contribution in [2.24, 2.45) is 0 Å². The molecule has 0 heterocycles. The molecule has 3 N–H and O–H groups in total. The van der Waals surface area contributed by atoms with Gasteiger partial charge in [0.1, 0.15) is 0 Å². The molecule has 0 atom stereocenters. The van der Waals surface area contributed by atoms with E-state index >= 15 is 0 Å². The number of nitrogens with zero attached hydrogens (tertiary/aromatic N) is 1. The van der Waals surface area contributed by atoms with Gasteiger partial charge in [-0.2, -0.15) is 0 Å². The van der Waals surface area contributed by atoms with E-state index < -0.39 is 5.91 Å². The van der Waals surface area contributed by atoms with Gasteiger partial charge in [0.05, 0.1) is 6.54 Å². The van der Waals surface area contributed by atoms with Gasteiger partial charge in [0, 0.05) is 12.1 Å². The predicted molar refractivity (Wildman–Crippen MR) is 71.7 cm³/mol. The van der Waals surface area contributed by atoms with Crippen molar-refractivity contribution in [3.05, 3.63) is 30.3 Å². The summed E-state index contributed by atoms with van der Waals surface area (Å²) in [7, 11) is 1.81. The number of para-hydroxylation sites is 1. The molecule has 0 fully saturated rings. The summed E-state index contributed by atoms with van der Waals surface area (Å²) in [6.45, 7) is 0.866. The molecule has 1 aromatic rings. The van der Waals surface area contributed by atoms with E-state index in [1.165, 1.54) is 0 Å². The van der Waals surface area contributed by atoms with Gasteiger partial charge in [-0.15, -0.1) is 0 Å². The van der Waals surface area contributed by atoms with Crippen molar-refractivity contribution >= 4 is 17.5 Å². The highest BCUT2D eigenvalue weighted by molar-refractivity contribution is 5.92. The third-order valence-electron chi connectivity index (χ3n) is 2.54. The molecule has 0 aliphatic rings. The van der Waals surface area contributed by atoms with Crippen LogP contribution in [0, 0.1) is 0 Å². The molecule has 6 heteroatoms. The summed E-state index contributed by atoms with van der Waals surface area (Å²) in [5.74, 6) is -0.512. The molecular formula is C13H19N3O3. The number of amides is 2. The fraction of sp³-hybridized carbons (Fsp3) is 0.385. The van der Waals surface area contributed by atoms with E-state index in [1.807, 2.05) is 35.2 Å². The molecule has 0 saturated carbocycles. The van der Waals surface area contributed by atoms with Crippen molar-refractivity contribution < 1.29 is 14.8 Å². The Labute approximate surface area is 112 Å². The highest BCUT2D eigenvalue weighted by Crippen LogP contribution is 2.04. The average molecular weight is 265 g/mol. The zero-order chi connectivity index (χ0) is 14.1. The van der Waals surface area contributed by atoms with Gasteiger partial charge in [0.2, 0.25) is 11.8 Å². The van der Waals surface area contributed by atoms with E-state index in [1.54, 1.807) is 12.5 Å². The third-order valence-corrected chi connectivity index (χ3v) is 2.54. The Morgan fingerprint density at radius 1 is 1.21 bits per heavy atom. The molecule has 104 valence electrons. The molecule has 0 radical (unpaired) electrons. The maximum absolute atomic E-state index is 11.7. The van der Waals surface area contributed by atoms with Crippen LogP contribution < -0.4 is 10.8 Å². The first-order valence-electron chi connectivity index (χ1n) is 6.08. The second kappa shape index (κ2) is 8.23. The lowest BCUT2D eigenvalue weighted by Crippen LogP contribution is -2.31. The lowest BCUT2D eigenvalue weighted by atomic mass is 10.3. The summed E-state index contributed by atoms with van der Waals surface area (Å²) in [5, 5.41) is 11.1. The van der Waals surface area contributed by atoms with E-state index in [9.17, 15) is 9.59 Å². The molecule has 19 heavy (non-hydrogen) atoms. The number of rotatable bonds is 7. The standard InChI is InChI=1S/C13H19N3O3/c1-16(9-5-8-12(17)15-19)10-13(18)14-11-6-3-2-4-7-11/h2-4,6-7,19H,5,8-10H2,1H3,(H,14,18)(H,15,17). The maximum Gasteiger partial charge on any atom is 0.243 e. The van der Waals surface area contributed by atoms with Crippen LogP contribution in [-0.2, 0) is 9.59 Å². The number of likely N-dealkylation sites (N-methyl/N-ethyl adjacent to an activating group) is 1. The summed E-state index contributed by atoms with van der Waals surface area (Å²) in [6, 6.07) is 9.24. The van der Waals surface area contributed by atoms with Crippen LogP contribution in [0.5, 0.6) is 0 Å². The molecule has 0 bridgehead atoms. The van der Waals surface area contributed by atoms with Crippen LogP contribution >= 0.6 is 0 Å². The highest BCUT2D eigenvalue weighted by Gasteiger charge is 2.07. The van der Waals surface area contributed by atoms with Gasteiger partial charge in [-0.1, -0.05) is 18.2 Å². The average Bonchev–Trinajstić information content (AvgIpc) is 2.39. The Morgan fingerprint density at radius 2 is 1.89 bits per heavy atom. The molecule has 0 saturated heterocycles. The van der Waals surface area contributed by atoms with Gasteiger partial charge in [-0.25, -0.2) is 5.48 Å². The fourth-order valence-corrected chi connectivity index (χ4v) is 1.61. The Morgan fingerprint density at radius 3 is 2.53 bits per heavy atom. The summed E-state index contributed by atoms with van der Waals surface area (Å²) in [5.41, 5.74) is 2.34.